The van der Waals surface area contributed by atoms with Crippen molar-refractivity contribution in [1.82, 2.24) is 4.98 Å². The van der Waals surface area contributed by atoms with Crippen molar-refractivity contribution in [3.05, 3.63) is 23.0 Å². The molecule has 18 heavy (non-hydrogen) atoms. The van der Waals surface area contributed by atoms with Gasteiger partial charge in [0.2, 0.25) is 0 Å². The summed E-state index contributed by atoms with van der Waals surface area (Å²) in [5.74, 6) is 0. The Morgan fingerprint density at radius 2 is 2.39 bits per heavy atom. The molecule has 1 saturated heterocycles. The Balaban J connectivity index is 2.00. The summed E-state index contributed by atoms with van der Waals surface area (Å²) in [4.78, 5) is 4.13. The molecule has 1 aliphatic rings. The molecule has 2 rings (SSSR count). The Morgan fingerprint density at radius 1 is 1.56 bits per heavy atom. The smallest absolute Gasteiger partial charge is 0.152 e. The summed E-state index contributed by atoms with van der Waals surface area (Å²) in [5, 5.41) is 4.09. The van der Waals surface area contributed by atoms with Gasteiger partial charge in [0.25, 0.3) is 0 Å². The number of hydrogen-bond acceptors (Lipinski definition) is 3. The summed E-state index contributed by atoms with van der Waals surface area (Å²) in [6.07, 6.45) is 6.52. The molecule has 2 heterocycles. The number of rotatable bonds is 4. The molecule has 0 bridgehead atoms. The monoisotopic (exact) mass is 268 g/mol. The van der Waals surface area contributed by atoms with Gasteiger partial charge in [0.05, 0.1) is 11.8 Å². The molecule has 2 unspecified atom stereocenters. The van der Waals surface area contributed by atoms with Crippen LogP contribution in [0.3, 0.4) is 0 Å². The fourth-order valence-electron chi connectivity index (χ4n) is 2.44. The highest BCUT2D eigenvalue weighted by Crippen LogP contribution is 2.27. The van der Waals surface area contributed by atoms with Crippen LogP contribution in [-0.4, -0.2) is 23.7 Å². The van der Waals surface area contributed by atoms with Crippen LogP contribution < -0.4 is 5.32 Å². The molecule has 1 N–H and O–H groups in total. The number of nitrogens with zero attached hydrogens (tertiary/aromatic N) is 1. The molecule has 0 spiro atoms. The van der Waals surface area contributed by atoms with E-state index in [1.54, 1.807) is 6.20 Å². The molecule has 2 atom stereocenters. The van der Waals surface area contributed by atoms with Gasteiger partial charge in [-0.15, -0.1) is 0 Å². The average Bonchev–Trinajstić information content (AvgIpc) is 2.35. The largest absolute Gasteiger partial charge is 0.379 e. The van der Waals surface area contributed by atoms with E-state index in [1.165, 1.54) is 6.42 Å². The minimum absolute atomic E-state index is 0.386. The third-order valence-corrected chi connectivity index (χ3v) is 3.73. The van der Waals surface area contributed by atoms with E-state index in [9.17, 15) is 0 Å². The van der Waals surface area contributed by atoms with Crippen molar-refractivity contribution in [1.29, 1.82) is 0 Å². The van der Waals surface area contributed by atoms with Crippen molar-refractivity contribution >= 4 is 17.3 Å². The number of hydrogen-bond donors (Lipinski definition) is 1. The first-order valence-electron chi connectivity index (χ1n) is 6.70. The van der Waals surface area contributed by atoms with Crippen LogP contribution in [0.4, 0.5) is 5.69 Å². The Morgan fingerprint density at radius 3 is 3.11 bits per heavy atom. The Labute approximate surface area is 114 Å². The summed E-state index contributed by atoms with van der Waals surface area (Å²) < 4.78 is 5.76. The molecule has 1 fully saturated rings. The SMILES string of the molecule is CCCC1CC(Nc2c(C)ccnc2Cl)CCO1. The maximum atomic E-state index is 6.14. The average molecular weight is 269 g/mol. The lowest BCUT2D eigenvalue weighted by Crippen LogP contribution is -2.34. The van der Waals surface area contributed by atoms with E-state index in [1.807, 2.05) is 6.07 Å². The van der Waals surface area contributed by atoms with Gasteiger partial charge in [0.1, 0.15) is 0 Å². The number of nitrogens with one attached hydrogen (secondary N) is 1. The topological polar surface area (TPSA) is 34.2 Å². The fraction of sp³-hybridized carbons (Fsp3) is 0.643. The van der Waals surface area contributed by atoms with Crippen molar-refractivity contribution < 1.29 is 4.74 Å². The maximum absolute atomic E-state index is 6.14. The van der Waals surface area contributed by atoms with E-state index in [0.717, 1.165) is 37.1 Å². The Hall–Kier alpha value is -0.800. The predicted octanol–water partition coefficient (Wildman–Crippen LogP) is 3.80. The molecule has 1 aliphatic heterocycles. The van der Waals surface area contributed by atoms with Gasteiger partial charge in [-0.25, -0.2) is 4.98 Å². The molecule has 4 heteroatoms. The van der Waals surface area contributed by atoms with Crippen LogP contribution in [0.2, 0.25) is 5.15 Å². The van der Waals surface area contributed by atoms with Crippen LogP contribution in [-0.2, 0) is 4.74 Å². The summed E-state index contributed by atoms with van der Waals surface area (Å²) in [6.45, 7) is 5.08. The zero-order chi connectivity index (χ0) is 13.0. The van der Waals surface area contributed by atoms with Crippen molar-refractivity contribution in [3.63, 3.8) is 0 Å². The zero-order valence-electron chi connectivity index (χ0n) is 11.1. The zero-order valence-corrected chi connectivity index (χ0v) is 11.8. The van der Waals surface area contributed by atoms with Gasteiger partial charge >= 0.3 is 0 Å². The first-order valence-corrected chi connectivity index (χ1v) is 7.07. The third kappa shape index (κ3) is 3.36. The number of anilines is 1. The van der Waals surface area contributed by atoms with E-state index in [2.05, 4.69) is 24.1 Å². The second-order valence-electron chi connectivity index (χ2n) is 4.94. The Kier molecular flexibility index (Phi) is 4.84. The van der Waals surface area contributed by atoms with Gasteiger partial charge in [-0.05, 0) is 37.8 Å². The number of aromatic nitrogens is 1. The van der Waals surface area contributed by atoms with Gasteiger partial charge in [-0.1, -0.05) is 24.9 Å². The summed E-state index contributed by atoms with van der Waals surface area (Å²) in [6, 6.07) is 2.42. The van der Waals surface area contributed by atoms with Crippen LogP contribution in [0.1, 0.15) is 38.2 Å². The summed E-state index contributed by atoms with van der Waals surface area (Å²) >= 11 is 6.14. The number of pyridine rings is 1. The molecule has 0 radical (unpaired) electrons. The second kappa shape index (κ2) is 6.39. The van der Waals surface area contributed by atoms with Crippen LogP contribution in [0.25, 0.3) is 0 Å². The van der Waals surface area contributed by atoms with Crippen molar-refractivity contribution in [2.24, 2.45) is 0 Å². The third-order valence-electron chi connectivity index (χ3n) is 3.44. The Bertz CT molecular complexity index is 375. The molecule has 0 amide bonds. The minimum Gasteiger partial charge on any atom is -0.379 e. The lowest BCUT2D eigenvalue weighted by Gasteiger charge is -2.31. The molecule has 1 aromatic rings. The van der Waals surface area contributed by atoms with Crippen LogP contribution in [0, 0.1) is 6.92 Å². The van der Waals surface area contributed by atoms with Gasteiger partial charge in [0, 0.05) is 18.8 Å². The fourth-order valence-corrected chi connectivity index (χ4v) is 2.70. The highest BCUT2D eigenvalue weighted by atomic mass is 35.5. The molecule has 3 nitrogen and oxygen atoms in total. The molecule has 0 aromatic carbocycles. The van der Waals surface area contributed by atoms with E-state index in [4.69, 9.17) is 16.3 Å². The molecule has 0 aliphatic carbocycles. The standard InChI is InChI=1S/C14H21ClN2O/c1-3-4-12-9-11(6-8-18-12)17-13-10(2)5-7-16-14(13)15/h5,7,11-12,17H,3-4,6,8-9H2,1-2H3. The van der Waals surface area contributed by atoms with Crippen molar-refractivity contribution in [3.8, 4) is 0 Å². The van der Waals surface area contributed by atoms with Crippen LogP contribution in [0.15, 0.2) is 12.3 Å². The van der Waals surface area contributed by atoms with E-state index < -0.39 is 0 Å². The quantitative estimate of drug-likeness (QED) is 0.844. The first-order chi connectivity index (χ1) is 8.70. The van der Waals surface area contributed by atoms with Gasteiger partial charge in [0.15, 0.2) is 5.15 Å². The van der Waals surface area contributed by atoms with E-state index in [-0.39, 0.29) is 0 Å². The van der Waals surface area contributed by atoms with Crippen LogP contribution >= 0.6 is 11.6 Å². The maximum Gasteiger partial charge on any atom is 0.152 e. The van der Waals surface area contributed by atoms with Gasteiger partial charge < -0.3 is 10.1 Å². The number of halogens is 1. The van der Waals surface area contributed by atoms with Crippen LogP contribution in [0.5, 0.6) is 0 Å². The molecule has 1 aromatic heterocycles. The highest BCUT2D eigenvalue weighted by Gasteiger charge is 2.22. The number of aryl methyl sites for hydroxylation is 1. The normalized spacial score (nSPS) is 23.9. The van der Waals surface area contributed by atoms with E-state index >= 15 is 0 Å². The molecular weight excluding hydrogens is 248 g/mol. The molecule has 0 saturated carbocycles. The van der Waals surface area contributed by atoms with Crippen molar-refractivity contribution in [2.45, 2.75) is 51.7 Å². The summed E-state index contributed by atoms with van der Waals surface area (Å²) in [7, 11) is 0. The lowest BCUT2D eigenvalue weighted by atomic mass is 9.99. The minimum atomic E-state index is 0.386. The first kappa shape index (κ1) is 13.6. The van der Waals surface area contributed by atoms with E-state index in [0.29, 0.717) is 17.3 Å². The predicted molar refractivity (Wildman–Crippen MR) is 75.3 cm³/mol. The second-order valence-corrected chi connectivity index (χ2v) is 5.30. The van der Waals surface area contributed by atoms with Gasteiger partial charge in [-0.2, -0.15) is 0 Å². The lowest BCUT2D eigenvalue weighted by molar-refractivity contribution is 0.00597. The highest BCUT2D eigenvalue weighted by molar-refractivity contribution is 6.32. The molecule has 100 valence electrons. The summed E-state index contributed by atoms with van der Waals surface area (Å²) in [5.41, 5.74) is 2.12. The number of ether oxygens (including phenoxy) is 1. The van der Waals surface area contributed by atoms with Gasteiger partial charge in [-0.3, -0.25) is 0 Å². The molecular formula is C14H21ClN2O. The van der Waals surface area contributed by atoms with Crippen molar-refractivity contribution in [2.75, 3.05) is 11.9 Å².